The topological polar surface area (TPSA) is 78.3 Å². The second-order valence-corrected chi connectivity index (χ2v) is 5.82. The van der Waals surface area contributed by atoms with Crippen molar-refractivity contribution < 1.29 is 14.3 Å². The van der Waals surface area contributed by atoms with E-state index in [4.69, 9.17) is 9.47 Å². The average molecular weight is 314 g/mol. The zero-order valence-corrected chi connectivity index (χ0v) is 12.9. The molecule has 0 unspecified atom stereocenters. The smallest absolute Gasteiger partial charge is 0.265 e. The molecule has 3 heterocycles. The molecule has 0 aliphatic carbocycles. The Labute approximate surface area is 133 Å². The third-order valence-electron chi connectivity index (χ3n) is 4.19. The Morgan fingerprint density at radius 2 is 2.17 bits per heavy atom. The Kier molecular flexibility index (Phi) is 3.40. The predicted molar refractivity (Wildman–Crippen MR) is 81.3 cm³/mol. The number of hydrogen-bond acceptors (Lipinski definition) is 5. The van der Waals surface area contributed by atoms with Gasteiger partial charge >= 0.3 is 0 Å². The highest BCUT2D eigenvalue weighted by Crippen LogP contribution is 2.31. The minimum Gasteiger partial charge on any atom is -0.485 e. The van der Waals surface area contributed by atoms with Gasteiger partial charge in [-0.3, -0.25) is 4.79 Å². The van der Waals surface area contributed by atoms with Gasteiger partial charge in [0.25, 0.3) is 5.91 Å². The molecule has 0 bridgehead atoms. The number of aryl methyl sites for hydroxylation is 1. The summed E-state index contributed by atoms with van der Waals surface area (Å²) in [6, 6.07) is 7.12. The van der Waals surface area contributed by atoms with Crippen molar-refractivity contribution in [2.45, 2.75) is 38.5 Å². The molecule has 7 nitrogen and oxygen atoms in total. The quantitative estimate of drug-likeness (QED) is 0.922. The van der Waals surface area contributed by atoms with E-state index >= 15 is 0 Å². The van der Waals surface area contributed by atoms with E-state index in [9.17, 15) is 4.79 Å². The highest BCUT2D eigenvalue weighted by molar-refractivity contribution is 5.82. The number of nitrogens with zero attached hydrogens (tertiary/aromatic N) is 3. The highest BCUT2D eigenvalue weighted by Gasteiger charge is 2.30. The Hall–Kier alpha value is -2.57. The lowest BCUT2D eigenvalue weighted by atomic mass is 10.2. The van der Waals surface area contributed by atoms with Crippen molar-refractivity contribution in [2.24, 2.45) is 0 Å². The molecule has 2 aliphatic rings. The minimum atomic E-state index is -0.659. The number of rotatable bonds is 3. The molecule has 1 amide bonds. The molecule has 0 fully saturated rings. The van der Waals surface area contributed by atoms with Gasteiger partial charge in [0.15, 0.2) is 17.3 Å². The molecule has 2 aliphatic heterocycles. The normalized spacial score (nSPS) is 20.0. The van der Waals surface area contributed by atoms with Crippen molar-refractivity contribution in [3.8, 4) is 11.5 Å². The summed E-state index contributed by atoms with van der Waals surface area (Å²) in [7, 11) is 0. The summed E-state index contributed by atoms with van der Waals surface area (Å²) < 4.78 is 13.4. The fraction of sp³-hybridized carbons (Fsp3) is 0.438. The van der Waals surface area contributed by atoms with Gasteiger partial charge in [0.2, 0.25) is 6.10 Å². The summed E-state index contributed by atoms with van der Waals surface area (Å²) in [5.74, 6) is 2.84. The van der Waals surface area contributed by atoms with E-state index in [-0.39, 0.29) is 18.6 Å². The van der Waals surface area contributed by atoms with Crippen LogP contribution in [0.4, 0.5) is 0 Å². The summed E-state index contributed by atoms with van der Waals surface area (Å²) in [6.45, 7) is 3.02. The molecule has 0 spiro atoms. The molecule has 1 N–H and O–H groups in total. The minimum absolute atomic E-state index is 0.202. The third-order valence-corrected chi connectivity index (χ3v) is 4.19. The van der Waals surface area contributed by atoms with Crippen LogP contribution in [-0.4, -0.2) is 33.4 Å². The van der Waals surface area contributed by atoms with Gasteiger partial charge in [0.1, 0.15) is 12.4 Å². The van der Waals surface area contributed by atoms with Crippen LogP contribution in [0.3, 0.4) is 0 Å². The maximum Gasteiger partial charge on any atom is 0.265 e. The Morgan fingerprint density at radius 1 is 1.35 bits per heavy atom. The van der Waals surface area contributed by atoms with E-state index < -0.39 is 6.10 Å². The highest BCUT2D eigenvalue weighted by atomic mass is 16.6. The zero-order valence-electron chi connectivity index (χ0n) is 12.9. The van der Waals surface area contributed by atoms with Crippen molar-refractivity contribution in [1.82, 2.24) is 20.1 Å². The van der Waals surface area contributed by atoms with Crippen LogP contribution < -0.4 is 14.8 Å². The van der Waals surface area contributed by atoms with Crippen LogP contribution in [0.5, 0.6) is 11.5 Å². The van der Waals surface area contributed by atoms with E-state index in [1.54, 1.807) is 6.07 Å². The number of ether oxygens (including phenoxy) is 2. The fourth-order valence-corrected chi connectivity index (χ4v) is 3.01. The Balaban J connectivity index is 1.44. The van der Waals surface area contributed by atoms with Gasteiger partial charge < -0.3 is 19.4 Å². The second kappa shape index (κ2) is 5.57. The average Bonchev–Trinajstić information content (AvgIpc) is 3.17. The van der Waals surface area contributed by atoms with Gasteiger partial charge in [-0.1, -0.05) is 12.1 Å². The van der Waals surface area contributed by atoms with E-state index in [1.165, 1.54) is 0 Å². The first-order valence-corrected chi connectivity index (χ1v) is 7.83. The lowest BCUT2D eigenvalue weighted by Crippen LogP contribution is -2.45. The number of carbonyl (C=O) groups excluding carboxylic acids is 1. The lowest BCUT2D eigenvalue weighted by Gasteiger charge is -2.26. The SMILES string of the molecule is C[C@@H](NC(=O)[C@@H]1COc2ccccc2O1)c1nnc2n1CCC2. The lowest BCUT2D eigenvalue weighted by molar-refractivity contribution is -0.131. The molecular formula is C16H18N4O3. The molecule has 0 saturated heterocycles. The standard InChI is InChI=1S/C16H18N4O3/c1-10(15-19-18-14-7-4-8-20(14)15)17-16(21)13-9-22-11-5-2-3-6-12(11)23-13/h2-3,5-6,10,13H,4,7-9H2,1H3,(H,17,21)/t10-,13+/m1/s1. The molecule has 0 saturated carbocycles. The first-order chi connectivity index (χ1) is 11.2. The van der Waals surface area contributed by atoms with Crippen molar-refractivity contribution in [3.05, 3.63) is 35.9 Å². The number of para-hydroxylation sites is 2. The number of amides is 1. The molecule has 2 aromatic rings. The summed E-state index contributed by atoms with van der Waals surface area (Å²) in [6.07, 6.45) is 1.37. The van der Waals surface area contributed by atoms with Crippen LogP contribution in [0.2, 0.25) is 0 Å². The van der Waals surface area contributed by atoms with Crippen LogP contribution in [0.15, 0.2) is 24.3 Å². The summed E-state index contributed by atoms with van der Waals surface area (Å²) >= 11 is 0. The first-order valence-electron chi connectivity index (χ1n) is 7.83. The van der Waals surface area contributed by atoms with E-state index in [0.717, 1.165) is 31.0 Å². The van der Waals surface area contributed by atoms with Crippen molar-refractivity contribution in [2.75, 3.05) is 6.61 Å². The predicted octanol–water partition coefficient (Wildman–Crippen LogP) is 1.24. The largest absolute Gasteiger partial charge is 0.485 e. The van der Waals surface area contributed by atoms with Gasteiger partial charge in [0.05, 0.1) is 6.04 Å². The van der Waals surface area contributed by atoms with Crippen molar-refractivity contribution in [1.29, 1.82) is 0 Å². The van der Waals surface area contributed by atoms with Crippen LogP contribution in [0.25, 0.3) is 0 Å². The molecule has 23 heavy (non-hydrogen) atoms. The molecule has 0 radical (unpaired) electrons. The first kappa shape index (κ1) is 14.0. The third kappa shape index (κ3) is 2.52. The molecule has 7 heteroatoms. The van der Waals surface area contributed by atoms with Crippen molar-refractivity contribution in [3.63, 3.8) is 0 Å². The molecule has 2 atom stereocenters. The number of nitrogens with one attached hydrogen (secondary N) is 1. The van der Waals surface area contributed by atoms with Gasteiger partial charge in [0, 0.05) is 13.0 Å². The second-order valence-electron chi connectivity index (χ2n) is 5.82. The maximum absolute atomic E-state index is 12.4. The van der Waals surface area contributed by atoms with E-state index in [0.29, 0.717) is 11.5 Å². The Morgan fingerprint density at radius 3 is 3.04 bits per heavy atom. The number of hydrogen-bond donors (Lipinski definition) is 1. The maximum atomic E-state index is 12.4. The van der Waals surface area contributed by atoms with Crippen LogP contribution in [-0.2, 0) is 17.8 Å². The van der Waals surface area contributed by atoms with Crippen LogP contribution >= 0.6 is 0 Å². The van der Waals surface area contributed by atoms with E-state index in [2.05, 4.69) is 20.1 Å². The molecule has 4 rings (SSSR count). The van der Waals surface area contributed by atoms with Crippen LogP contribution in [0, 0.1) is 0 Å². The number of carbonyl (C=O) groups is 1. The molecular weight excluding hydrogens is 296 g/mol. The van der Waals surface area contributed by atoms with Gasteiger partial charge in [-0.15, -0.1) is 10.2 Å². The molecule has 1 aromatic heterocycles. The monoisotopic (exact) mass is 314 g/mol. The number of fused-ring (bicyclic) bond motifs is 2. The number of aromatic nitrogens is 3. The van der Waals surface area contributed by atoms with Crippen molar-refractivity contribution >= 4 is 5.91 Å². The van der Waals surface area contributed by atoms with Gasteiger partial charge in [-0.05, 0) is 25.5 Å². The summed E-state index contributed by atoms with van der Waals surface area (Å²) in [4.78, 5) is 12.4. The zero-order chi connectivity index (χ0) is 15.8. The molecule has 120 valence electrons. The molecule has 1 aromatic carbocycles. The summed E-state index contributed by atoms with van der Waals surface area (Å²) in [5.41, 5.74) is 0. The summed E-state index contributed by atoms with van der Waals surface area (Å²) in [5, 5.41) is 11.3. The fourth-order valence-electron chi connectivity index (χ4n) is 3.01. The van der Waals surface area contributed by atoms with E-state index in [1.807, 2.05) is 25.1 Å². The van der Waals surface area contributed by atoms with Gasteiger partial charge in [-0.25, -0.2) is 0 Å². The number of benzene rings is 1. The Bertz CT molecular complexity index is 743. The van der Waals surface area contributed by atoms with Gasteiger partial charge in [-0.2, -0.15) is 0 Å². The van der Waals surface area contributed by atoms with Crippen LogP contribution in [0.1, 0.15) is 31.0 Å².